The molecule has 17 heavy (non-hydrogen) atoms. The number of hydrogen-bond acceptors (Lipinski definition) is 3. The Kier molecular flexibility index (Phi) is 2.35. The first-order chi connectivity index (χ1) is 7.93. The third-order valence-corrected chi connectivity index (χ3v) is 6.28. The van der Waals surface area contributed by atoms with Gasteiger partial charge >= 0.3 is 0 Å². The molecule has 2 nitrogen and oxygen atoms in total. The number of fused-ring (bicyclic) bond motifs is 2. The highest BCUT2D eigenvalue weighted by Crippen LogP contribution is 2.62. The molecule has 0 aromatic carbocycles. The van der Waals surface area contributed by atoms with Gasteiger partial charge in [0.05, 0.1) is 5.54 Å². The van der Waals surface area contributed by atoms with Gasteiger partial charge in [0.1, 0.15) is 5.76 Å². The fraction of sp³-hybridized carbons (Fsp3) is 0.786. The molecule has 2 aliphatic rings. The van der Waals surface area contributed by atoms with Crippen molar-refractivity contribution in [2.24, 2.45) is 22.2 Å². The van der Waals surface area contributed by atoms with Crippen LogP contribution < -0.4 is 4.87 Å². The first-order valence-corrected chi connectivity index (χ1v) is 7.42. The predicted molar refractivity (Wildman–Crippen MR) is 69.9 cm³/mol. The lowest BCUT2D eigenvalue weighted by atomic mass is 9.64. The van der Waals surface area contributed by atoms with Crippen LogP contribution in [0.2, 0.25) is 0 Å². The molecule has 2 bridgehead atoms. The molecular formula is C14H21NOS. The molecular weight excluding hydrogens is 230 g/mol. The summed E-state index contributed by atoms with van der Waals surface area (Å²) < 4.78 is 5.66. The van der Waals surface area contributed by atoms with Gasteiger partial charge in [-0.3, -0.25) is 0 Å². The summed E-state index contributed by atoms with van der Waals surface area (Å²) in [4.78, 5) is 5.85. The normalized spacial score (nSPS) is 40.1. The Morgan fingerprint density at radius 2 is 2.00 bits per heavy atom. The molecule has 0 aliphatic heterocycles. The molecule has 2 aliphatic carbocycles. The maximum Gasteiger partial charge on any atom is 0.274 e. The van der Waals surface area contributed by atoms with Crippen LogP contribution in [0.3, 0.4) is 0 Å². The van der Waals surface area contributed by atoms with Crippen LogP contribution in [0.5, 0.6) is 0 Å². The Morgan fingerprint density at radius 3 is 2.53 bits per heavy atom. The van der Waals surface area contributed by atoms with Crippen LogP contribution in [0.1, 0.15) is 45.8 Å². The molecule has 0 N–H and O–H groups in total. The van der Waals surface area contributed by atoms with Crippen molar-refractivity contribution < 1.29 is 4.42 Å². The molecule has 1 aromatic heterocycles. The van der Waals surface area contributed by atoms with E-state index in [1.165, 1.54) is 19.3 Å². The molecule has 3 atom stereocenters. The van der Waals surface area contributed by atoms with E-state index in [1.54, 1.807) is 11.3 Å². The second-order valence-electron chi connectivity index (χ2n) is 6.40. The number of nitrogens with zero attached hydrogens (tertiary/aromatic N) is 1. The Hall–Kier alpha value is -0.570. The zero-order valence-corrected chi connectivity index (χ0v) is 11.9. The SMILES string of the molecule is Cc1csc(=N[C@@]2(C)[C@H]3CC[C@@H](C3)C2(C)C)o1. The van der Waals surface area contributed by atoms with Gasteiger partial charge in [-0.05, 0) is 50.4 Å². The van der Waals surface area contributed by atoms with Crippen molar-refractivity contribution in [2.45, 2.75) is 52.5 Å². The molecule has 1 heterocycles. The highest BCUT2D eigenvalue weighted by molar-refractivity contribution is 7.06. The summed E-state index contributed by atoms with van der Waals surface area (Å²) in [6.45, 7) is 9.10. The van der Waals surface area contributed by atoms with Gasteiger partial charge in [0.2, 0.25) is 0 Å². The van der Waals surface area contributed by atoms with Crippen LogP contribution in [0, 0.1) is 24.2 Å². The lowest BCUT2D eigenvalue weighted by Gasteiger charge is -2.44. The summed E-state index contributed by atoms with van der Waals surface area (Å²) in [6, 6.07) is 0. The van der Waals surface area contributed by atoms with Gasteiger partial charge in [0.25, 0.3) is 4.87 Å². The molecule has 0 saturated heterocycles. The fourth-order valence-corrected chi connectivity index (χ4v) is 4.62. The molecule has 1 aromatic rings. The van der Waals surface area contributed by atoms with E-state index in [9.17, 15) is 0 Å². The molecule has 0 amide bonds. The van der Waals surface area contributed by atoms with E-state index >= 15 is 0 Å². The molecule has 0 radical (unpaired) electrons. The number of rotatable bonds is 1. The zero-order valence-electron chi connectivity index (χ0n) is 11.1. The van der Waals surface area contributed by atoms with E-state index < -0.39 is 0 Å². The average Bonchev–Trinajstić information content (AvgIpc) is 2.88. The Labute approximate surface area is 107 Å². The van der Waals surface area contributed by atoms with E-state index in [-0.39, 0.29) is 5.54 Å². The van der Waals surface area contributed by atoms with Gasteiger partial charge in [0, 0.05) is 5.38 Å². The quantitative estimate of drug-likeness (QED) is 0.746. The first kappa shape index (κ1) is 11.5. The van der Waals surface area contributed by atoms with Gasteiger partial charge in [0.15, 0.2) is 0 Å². The molecule has 2 fully saturated rings. The van der Waals surface area contributed by atoms with Crippen LogP contribution in [0.15, 0.2) is 14.8 Å². The summed E-state index contributed by atoms with van der Waals surface area (Å²) in [5.74, 6) is 2.57. The third kappa shape index (κ3) is 1.48. The van der Waals surface area contributed by atoms with Crippen LogP contribution in [0.25, 0.3) is 0 Å². The van der Waals surface area contributed by atoms with Crippen molar-refractivity contribution in [3.8, 4) is 0 Å². The smallest absolute Gasteiger partial charge is 0.274 e. The second kappa shape index (κ2) is 3.47. The molecule has 0 unspecified atom stereocenters. The van der Waals surface area contributed by atoms with Gasteiger partial charge in [-0.1, -0.05) is 25.2 Å². The molecule has 0 spiro atoms. The van der Waals surface area contributed by atoms with Crippen LogP contribution in [-0.4, -0.2) is 5.54 Å². The highest BCUT2D eigenvalue weighted by atomic mass is 32.1. The van der Waals surface area contributed by atoms with Crippen molar-refractivity contribution in [1.29, 1.82) is 0 Å². The van der Waals surface area contributed by atoms with Crippen LogP contribution in [-0.2, 0) is 0 Å². The summed E-state index contributed by atoms with van der Waals surface area (Å²) in [6.07, 6.45) is 4.10. The van der Waals surface area contributed by atoms with E-state index in [0.717, 1.165) is 22.5 Å². The van der Waals surface area contributed by atoms with E-state index in [2.05, 4.69) is 20.8 Å². The lowest BCUT2D eigenvalue weighted by Crippen LogP contribution is -2.46. The largest absolute Gasteiger partial charge is 0.435 e. The summed E-state index contributed by atoms with van der Waals surface area (Å²) in [5.41, 5.74) is 0.375. The fourth-order valence-electron chi connectivity index (χ4n) is 3.88. The average molecular weight is 251 g/mol. The minimum atomic E-state index is 0.0662. The lowest BCUT2D eigenvalue weighted by molar-refractivity contribution is 0.0979. The van der Waals surface area contributed by atoms with Gasteiger partial charge in [-0.25, -0.2) is 4.99 Å². The topological polar surface area (TPSA) is 25.5 Å². The second-order valence-corrected chi connectivity index (χ2v) is 7.22. The molecule has 94 valence electrons. The maximum absolute atomic E-state index is 5.66. The van der Waals surface area contributed by atoms with E-state index in [1.807, 2.05) is 12.3 Å². The molecule has 2 saturated carbocycles. The van der Waals surface area contributed by atoms with Crippen molar-refractivity contribution in [2.75, 3.05) is 0 Å². The minimum absolute atomic E-state index is 0.0662. The standard InChI is InChI=1S/C14H21NOS/c1-9-8-17-12(16-9)15-14(4)11-6-5-10(7-11)13(14,2)3/h8,10-11H,5-7H2,1-4H3/t10-,11-,14-/m0/s1. The van der Waals surface area contributed by atoms with Crippen LogP contribution in [0.4, 0.5) is 0 Å². The predicted octanol–water partition coefficient (Wildman–Crippen LogP) is 3.77. The maximum atomic E-state index is 5.66. The van der Waals surface area contributed by atoms with Crippen LogP contribution >= 0.6 is 11.3 Å². The van der Waals surface area contributed by atoms with Crippen molar-refractivity contribution in [3.05, 3.63) is 16.0 Å². The van der Waals surface area contributed by atoms with Gasteiger partial charge < -0.3 is 4.42 Å². The molecule has 3 heteroatoms. The highest BCUT2D eigenvalue weighted by Gasteiger charge is 2.60. The van der Waals surface area contributed by atoms with Gasteiger partial charge in [-0.2, -0.15) is 0 Å². The Balaban J connectivity index is 2.07. The monoisotopic (exact) mass is 251 g/mol. The third-order valence-electron chi connectivity index (χ3n) is 5.45. The van der Waals surface area contributed by atoms with E-state index in [4.69, 9.17) is 9.41 Å². The van der Waals surface area contributed by atoms with Crippen molar-refractivity contribution in [3.63, 3.8) is 0 Å². The summed E-state index contributed by atoms with van der Waals surface area (Å²) in [7, 11) is 0. The van der Waals surface area contributed by atoms with Crippen molar-refractivity contribution >= 4 is 11.3 Å². The minimum Gasteiger partial charge on any atom is -0.435 e. The summed E-state index contributed by atoms with van der Waals surface area (Å²) in [5, 5.41) is 2.04. The number of hydrogen-bond donors (Lipinski definition) is 0. The summed E-state index contributed by atoms with van der Waals surface area (Å²) >= 11 is 1.63. The zero-order chi connectivity index (χ0) is 12.3. The first-order valence-electron chi connectivity index (χ1n) is 6.54. The number of aryl methyl sites for hydroxylation is 1. The van der Waals surface area contributed by atoms with Crippen molar-refractivity contribution in [1.82, 2.24) is 0 Å². The Morgan fingerprint density at radius 1 is 1.29 bits per heavy atom. The Bertz CT molecular complexity index is 498. The van der Waals surface area contributed by atoms with Gasteiger partial charge in [-0.15, -0.1) is 0 Å². The molecule has 3 rings (SSSR count). The van der Waals surface area contributed by atoms with E-state index in [0.29, 0.717) is 5.41 Å².